The fourth-order valence-corrected chi connectivity index (χ4v) is 1.86. The van der Waals surface area contributed by atoms with E-state index in [2.05, 4.69) is 0 Å². The van der Waals surface area contributed by atoms with Crippen LogP contribution < -0.4 is 10.5 Å². The number of hydrogen-bond donors (Lipinski definition) is 1. The van der Waals surface area contributed by atoms with Crippen molar-refractivity contribution >= 4 is 11.6 Å². The number of hydrogen-bond acceptors (Lipinski definition) is 3. The Hall–Kier alpha value is -0.770. The maximum absolute atomic E-state index is 6.04. The molecule has 1 rings (SSSR count). The van der Waals surface area contributed by atoms with Crippen LogP contribution in [0.3, 0.4) is 0 Å². The molecule has 108 valence electrons. The standard InChI is InChI=1S/C15H24ClNO2/c1-13-6-7-14(16)15(12-13)19-11-5-10-18-9-4-2-3-8-17/h6-7,12H,2-5,8-11,17H2,1H3. The maximum atomic E-state index is 6.04. The van der Waals surface area contributed by atoms with Crippen LogP contribution in [0.15, 0.2) is 18.2 Å². The first-order valence-corrected chi connectivity index (χ1v) is 7.28. The lowest BCUT2D eigenvalue weighted by Crippen LogP contribution is -2.05. The molecule has 0 amide bonds. The number of unbranched alkanes of at least 4 members (excludes halogenated alkanes) is 2. The van der Waals surface area contributed by atoms with Crippen molar-refractivity contribution in [3.05, 3.63) is 28.8 Å². The fourth-order valence-electron chi connectivity index (χ4n) is 1.69. The van der Waals surface area contributed by atoms with Gasteiger partial charge in [0.2, 0.25) is 0 Å². The van der Waals surface area contributed by atoms with Crippen molar-refractivity contribution in [3.8, 4) is 5.75 Å². The molecule has 0 radical (unpaired) electrons. The van der Waals surface area contributed by atoms with E-state index in [0.717, 1.165) is 56.8 Å². The summed E-state index contributed by atoms with van der Waals surface area (Å²) >= 11 is 6.04. The van der Waals surface area contributed by atoms with Crippen LogP contribution in [-0.4, -0.2) is 26.4 Å². The molecule has 2 N–H and O–H groups in total. The van der Waals surface area contributed by atoms with Gasteiger partial charge in [0.15, 0.2) is 0 Å². The largest absolute Gasteiger partial charge is 0.492 e. The van der Waals surface area contributed by atoms with Crippen LogP contribution in [0, 0.1) is 6.92 Å². The van der Waals surface area contributed by atoms with Crippen molar-refractivity contribution < 1.29 is 9.47 Å². The Morgan fingerprint density at radius 3 is 2.63 bits per heavy atom. The molecule has 19 heavy (non-hydrogen) atoms. The van der Waals surface area contributed by atoms with E-state index in [1.165, 1.54) is 0 Å². The third-order valence-electron chi connectivity index (χ3n) is 2.77. The lowest BCUT2D eigenvalue weighted by atomic mass is 10.2. The minimum Gasteiger partial charge on any atom is -0.492 e. The second kappa shape index (κ2) is 10.1. The van der Waals surface area contributed by atoms with Crippen molar-refractivity contribution in [2.24, 2.45) is 5.73 Å². The quantitative estimate of drug-likeness (QED) is 0.669. The number of halogens is 1. The van der Waals surface area contributed by atoms with Gasteiger partial charge in [-0.25, -0.2) is 0 Å². The van der Waals surface area contributed by atoms with Gasteiger partial charge in [-0.1, -0.05) is 17.7 Å². The molecule has 0 aliphatic rings. The zero-order valence-corrected chi connectivity index (χ0v) is 12.4. The highest BCUT2D eigenvalue weighted by Crippen LogP contribution is 2.25. The lowest BCUT2D eigenvalue weighted by Gasteiger charge is -2.09. The molecule has 0 heterocycles. The molecule has 0 aliphatic heterocycles. The maximum Gasteiger partial charge on any atom is 0.138 e. The van der Waals surface area contributed by atoms with E-state index < -0.39 is 0 Å². The van der Waals surface area contributed by atoms with E-state index in [9.17, 15) is 0 Å². The minimum absolute atomic E-state index is 0.631. The van der Waals surface area contributed by atoms with Crippen LogP contribution in [0.1, 0.15) is 31.2 Å². The normalized spacial score (nSPS) is 10.7. The van der Waals surface area contributed by atoms with E-state index in [4.69, 9.17) is 26.8 Å². The summed E-state index contributed by atoms with van der Waals surface area (Å²) < 4.78 is 11.2. The predicted molar refractivity (Wildman–Crippen MR) is 80.0 cm³/mol. The molecule has 0 saturated heterocycles. The Morgan fingerprint density at radius 1 is 1.05 bits per heavy atom. The van der Waals surface area contributed by atoms with E-state index in [0.29, 0.717) is 11.6 Å². The van der Waals surface area contributed by atoms with Gasteiger partial charge in [0.25, 0.3) is 0 Å². The third kappa shape index (κ3) is 7.41. The number of ether oxygens (including phenoxy) is 2. The Kier molecular flexibility index (Phi) is 8.63. The minimum atomic E-state index is 0.631. The Morgan fingerprint density at radius 2 is 1.84 bits per heavy atom. The summed E-state index contributed by atoms with van der Waals surface area (Å²) in [5, 5.41) is 0.660. The van der Waals surface area contributed by atoms with Gasteiger partial charge in [-0.05, 0) is 50.4 Å². The number of nitrogens with two attached hydrogens (primary N) is 1. The van der Waals surface area contributed by atoms with Crippen LogP contribution in [-0.2, 0) is 4.74 Å². The molecule has 0 fully saturated rings. The van der Waals surface area contributed by atoms with Gasteiger partial charge in [-0.3, -0.25) is 0 Å². The van der Waals surface area contributed by atoms with Crippen molar-refractivity contribution in [3.63, 3.8) is 0 Å². The molecule has 4 heteroatoms. The van der Waals surface area contributed by atoms with Crippen LogP contribution in [0.2, 0.25) is 5.02 Å². The van der Waals surface area contributed by atoms with Crippen molar-refractivity contribution in [1.29, 1.82) is 0 Å². The monoisotopic (exact) mass is 285 g/mol. The van der Waals surface area contributed by atoms with Gasteiger partial charge in [-0.2, -0.15) is 0 Å². The Bertz CT molecular complexity index is 358. The molecule has 0 bridgehead atoms. The van der Waals surface area contributed by atoms with Gasteiger partial charge in [0.1, 0.15) is 5.75 Å². The molecular formula is C15H24ClNO2. The number of benzene rings is 1. The fraction of sp³-hybridized carbons (Fsp3) is 0.600. The molecule has 0 saturated carbocycles. The average Bonchev–Trinajstić information content (AvgIpc) is 2.40. The van der Waals surface area contributed by atoms with Gasteiger partial charge in [0.05, 0.1) is 11.6 Å². The number of rotatable bonds is 10. The van der Waals surface area contributed by atoms with E-state index >= 15 is 0 Å². The van der Waals surface area contributed by atoms with Gasteiger partial charge >= 0.3 is 0 Å². The van der Waals surface area contributed by atoms with Gasteiger partial charge in [-0.15, -0.1) is 0 Å². The van der Waals surface area contributed by atoms with Crippen LogP contribution in [0.4, 0.5) is 0 Å². The van der Waals surface area contributed by atoms with Gasteiger partial charge in [0, 0.05) is 19.6 Å². The SMILES string of the molecule is Cc1ccc(Cl)c(OCCCOCCCCCN)c1. The molecule has 0 aromatic heterocycles. The third-order valence-corrected chi connectivity index (χ3v) is 3.08. The highest BCUT2D eigenvalue weighted by atomic mass is 35.5. The summed E-state index contributed by atoms with van der Waals surface area (Å²) in [5.74, 6) is 0.754. The topological polar surface area (TPSA) is 44.5 Å². The summed E-state index contributed by atoms with van der Waals surface area (Å²) in [5.41, 5.74) is 6.57. The van der Waals surface area contributed by atoms with Crippen molar-refractivity contribution in [1.82, 2.24) is 0 Å². The number of aryl methyl sites for hydroxylation is 1. The van der Waals surface area contributed by atoms with Crippen LogP contribution in [0.25, 0.3) is 0 Å². The first kappa shape index (κ1) is 16.3. The summed E-state index contributed by atoms with van der Waals surface area (Å²) in [6.45, 7) is 4.96. The first-order valence-electron chi connectivity index (χ1n) is 6.91. The second-order valence-corrected chi connectivity index (χ2v) is 5.00. The summed E-state index contributed by atoms with van der Waals surface area (Å²) in [4.78, 5) is 0. The van der Waals surface area contributed by atoms with E-state index in [1.807, 2.05) is 25.1 Å². The van der Waals surface area contributed by atoms with Crippen molar-refractivity contribution in [2.75, 3.05) is 26.4 Å². The van der Waals surface area contributed by atoms with Gasteiger partial charge < -0.3 is 15.2 Å². The highest BCUT2D eigenvalue weighted by molar-refractivity contribution is 6.32. The molecular weight excluding hydrogens is 262 g/mol. The van der Waals surface area contributed by atoms with Crippen LogP contribution in [0.5, 0.6) is 5.75 Å². The molecule has 1 aromatic carbocycles. The molecule has 0 spiro atoms. The zero-order valence-electron chi connectivity index (χ0n) is 11.7. The Labute approximate surface area is 121 Å². The summed E-state index contributed by atoms with van der Waals surface area (Å²) in [6, 6.07) is 5.79. The summed E-state index contributed by atoms with van der Waals surface area (Å²) in [7, 11) is 0. The molecule has 1 aromatic rings. The Balaban J connectivity index is 2.03. The average molecular weight is 286 g/mol. The second-order valence-electron chi connectivity index (χ2n) is 4.60. The molecule has 0 aliphatic carbocycles. The zero-order chi connectivity index (χ0) is 13.9. The molecule has 0 unspecified atom stereocenters. The van der Waals surface area contributed by atoms with Crippen molar-refractivity contribution in [2.45, 2.75) is 32.6 Å². The first-order chi connectivity index (χ1) is 9.24. The molecule has 3 nitrogen and oxygen atoms in total. The molecule has 0 atom stereocenters. The van der Waals surface area contributed by atoms with E-state index in [1.54, 1.807) is 0 Å². The van der Waals surface area contributed by atoms with E-state index in [-0.39, 0.29) is 0 Å². The summed E-state index contributed by atoms with van der Waals surface area (Å²) in [6.07, 6.45) is 4.19. The lowest BCUT2D eigenvalue weighted by molar-refractivity contribution is 0.116. The predicted octanol–water partition coefficient (Wildman–Crippen LogP) is 3.56. The van der Waals surface area contributed by atoms with Crippen LogP contribution >= 0.6 is 11.6 Å². The smallest absolute Gasteiger partial charge is 0.138 e. The highest BCUT2D eigenvalue weighted by Gasteiger charge is 2.01.